The van der Waals surface area contributed by atoms with Gasteiger partial charge < -0.3 is 5.32 Å². The highest BCUT2D eigenvalue weighted by atomic mass is 16.2. The number of carbonyl (C=O) groups is 2. The predicted molar refractivity (Wildman–Crippen MR) is 73.6 cm³/mol. The Kier molecular flexibility index (Phi) is 4.28. The Morgan fingerprint density at radius 2 is 2.11 bits per heavy atom. The van der Waals surface area contributed by atoms with Crippen LogP contribution in [-0.4, -0.2) is 17.6 Å². The van der Waals surface area contributed by atoms with Crippen LogP contribution < -0.4 is 10.3 Å². The Balaban J connectivity index is 2.01. The number of rotatable bonds is 4. The van der Waals surface area contributed by atoms with Crippen LogP contribution in [0.25, 0.3) is 0 Å². The number of nitrogens with one attached hydrogen (secondary N) is 1. The lowest BCUT2D eigenvalue weighted by molar-refractivity contribution is -0.119. The van der Waals surface area contributed by atoms with E-state index in [0.29, 0.717) is 17.9 Å². The minimum atomic E-state index is -0.128. The van der Waals surface area contributed by atoms with E-state index in [-0.39, 0.29) is 18.2 Å². The largest absolute Gasteiger partial charge is 0.312 e. The summed E-state index contributed by atoms with van der Waals surface area (Å²) in [5, 5.41) is 8.18. The Hall–Kier alpha value is -2.17. The van der Waals surface area contributed by atoms with Crippen molar-refractivity contribution in [3.05, 3.63) is 30.3 Å². The maximum absolute atomic E-state index is 11.8. The fraction of sp³-hybridized carbons (Fsp3) is 0.357. The first-order valence-electron chi connectivity index (χ1n) is 6.46. The summed E-state index contributed by atoms with van der Waals surface area (Å²) in [7, 11) is 0. The Morgan fingerprint density at radius 1 is 1.37 bits per heavy atom. The average molecular weight is 259 g/mol. The lowest BCUT2D eigenvalue weighted by Crippen LogP contribution is -2.29. The normalized spacial score (nSPS) is 14.5. The van der Waals surface area contributed by atoms with Crippen LogP contribution in [-0.2, 0) is 9.59 Å². The number of nitrogens with zero attached hydrogens (tertiary/aromatic N) is 2. The summed E-state index contributed by atoms with van der Waals surface area (Å²) in [5.74, 6) is 0.218. The highest BCUT2D eigenvalue weighted by Crippen LogP contribution is 2.19. The van der Waals surface area contributed by atoms with Crippen LogP contribution in [0.1, 0.15) is 32.6 Å². The maximum atomic E-state index is 11.8. The Morgan fingerprint density at radius 3 is 2.79 bits per heavy atom. The van der Waals surface area contributed by atoms with Crippen LogP contribution in [0.3, 0.4) is 0 Å². The third-order valence-electron chi connectivity index (χ3n) is 2.82. The van der Waals surface area contributed by atoms with Gasteiger partial charge in [-0.1, -0.05) is 31.5 Å². The Labute approximate surface area is 112 Å². The monoisotopic (exact) mass is 259 g/mol. The molecular formula is C14H17N3O2. The second-order valence-corrected chi connectivity index (χ2v) is 4.42. The molecule has 19 heavy (non-hydrogen) atoms. The highest BCUT2D eigenvalue weighted by Gasteiger charge is 2.25. The van der Waals surface area contributed by atoms with Crippen LogP contribution >= 0.6 is 0 Å². The molecule has 0 saturated heterocycles. The summed E-state index contributed by atoms with van der Waals surface area (Å²) in [4.78, 5) is 23.4. The van der Waals surface area contributed by atoms with Crippen molar-refractivity contribution in [1.82, 2.24) is 5.32 Å². The number of amidine groups is 1. The molecule has 0 unspecified atom stereocenters. The minimum absolute atomic E-state index is 0.0803. The third-order valence-corrected chi connectivity index (χ3v) is 2.82. The number of anilines is 1. The molecular weight excluding hydrogens is 242 g/mol. The molecule has 1 aliphatic heterocycles. The molecule has 1 N–H and O–H groups in total. The number of hydrogen-bond donors (Lipinski definition) is 1. The van der Waals surface area contributed by atoms with Gasteiger partial charge in [0.2, 0.25) is 5.91 Å². The van der Waals surface area contributed by atoms with Crippen molar-refractivity contribution in [2.75, 3.05) is 5.01 Å². The molecule has 2 amide bonds. The number of para-hydroxylation sites is 1. The molecule has 5 nitrogen and oxygen atoms in total. The summed E-state index contributed by atoms with van der Waals surface area (Å²) < 4.78 is 0. The predicted octanol–water partition coefficient (Wildman–Crippen LogP) is 2.04. The molecule has 0 aliphatic carbocycles. The van der Waals surface area contributed by atoms with Crippen molar-refractivity contribution in [2.24, 2.45) is 5.10 Å². The molecule has 2 rings (SSSR count). The van der Waals surface area contributed by atoms with E-state index in [1.165, 1.54) is 5.01 Å². The van der Waals surface area contributed by atoms with Gasteiger partial charge in [-0.2, -0.15) is 10.1 Å². The summed E-state index contributed by atoms with van der Waals surface area (Å²) in [5.41, 5.74) is 0.713. The summed E-state index contributed by atoms with van der Waals surface area (Å²) in [6.07, 6.45) is 2.42. The lowest BCUT2D eigenvalue weighted by atomic mass is 10.2. The van der Waals surface area contributed by atoms with Crippen LogP contribution in [0.15, 0.2) is 35.4 Å². The van der Waals surface area contributed by atoms with Crippen LogP contribution in [0.5, 0.6) is 0 Å². The first-order valence-corrected chi connectivity index (χ1v) is 6.46. The second-order valence-electron chi connectivity index (χ2n) is 4.42. The van der Waals surface area contributed by atoms with Gasteiger partial charge in [-0.15, -0.1) is 0 Å². The fourth-order valence-corrected chi connectivity index (χ4v) is 1.83. The number of unbranched alkanes of at least 4 members (excludes halogenated alkanes) is 1. The third kappa shape index (κ3) is 3.40. The molecule has 1 aromatic rings. The molecule has 100 valence electrons. The van der Waals surface area contributed by atoms with Gasteiger partial charge >= 0.3 is 0 Å². The lowest BCUT2D eigenvalue weighted by Gasteiger charge is -2.10. The molecule has 1 aromatic carbocycles. The number of benzene rings is 1. The van der Waals surface area contributed by atoms with Crippen LogP contribution in [0.4, 0.5) is 5.69 Å². The molecule has 0 atom stereocenters. The zero-order valence-corrected chi connectivity index (χ0v) is 10.9. The van der Waals surface area contributed by atoms with Crippen molar-refractivity contribution in [1.29, 1.82) is 0 Å². The molecule has 5 heteroatoms. The van der Waals surface area contributed by atoms with E-state index < -0.39 is 0 Å². The van der Waals surface area contributed by atoms with E-state index in [2.05, 4.69) is 10.4 Å². The van der Waals surface area contributed by atoms with Gasteiger partial charge in [-0.3, -0.25) is 9.59 Å². The summed E-state index contributed by atoms with van der Waals surface area (Å²) >= 11 is 0. The van der Waals surface area contributed by atoms with Crippen molar-refractivity contribution in [3.63, 3.8) is 0 Å². The smallest absolute Gasteiger partial charge is 0.255 e. The standard InChI is InChI=1S/C14H17N3O2/c1-2-3-9-13(18)15-12-10-14(19)17(16-12)11-7-5-4-6-8-11/h4-8H,2-3,9-10H2,1H3,(H,15,16,18). The van der Waals surface area contributed by atoms with Gasteiger partial charge in [0, 0.05) is 6.42 Å². The quantitative estimate of drug-likeness (QED) is 0.899. The summed E-state index contributed by atoms with van der Waals surface area (Å²) in [6.45, 7) is 2.03. The van der Waals surface area contributed by atoms with Crippen molar-refractivity contribution >= 4 is 23.3 Å². The summed E-state index contributed by atoms with van der Waals surface area (Å²) in [6, 6.07) is 9.18. The zero-order chi connectivity index (χ0) is 13.7. The minimum Gasteiger partial charge on any atom is -0.312 e. The SMILES string of the molecule is CCCCC(=O)NC1=NN(c2ccccc2)C(=O)C1. The van der Waals surface area contributed by atoms with Crippen LogP contribution in [0, 0.1) is 0 Å². The second kappa shape index (κ2) is 6.13. The van der Waals surface area contributed by atoms with Crippen molar-refractivity contribution in [2.45, 2.75) is 32.6 Å². The van der Waals surface area contributed by atoms with Gasteiger partial charge in [0.25, 0.3) is 5.91 Å². The molecule has 0 radical (unpaired) electrons. The van der Waals surface area contributed by atoms with E-state index in [4.69, 9.17) is 0 Å². The van der Waals surface area contributed by atoms with Gasteiger partial charge in [0.1, 0.15) is 5.84 Å². The molecule has 1 heterocycles. The van der Waals surface area contributed by atoms with Crippen molar-refractivity contribution in [3.8, 4) is 0 Å². The van der Waals surface area contributed by atoms with E-state index >= 15 is 0 Å². The maximum Gasteiger partial charge on any atom is 0.255 e. The highest BCUT2D eigenvalue weighted by molar-refractivity contribution is 6.15. The number of hydrogen-bond acceptors (Lipinski definition) is 3. The van der Waals surface area contributed by atoms with E-state index in [0.717, 1.165) is 12.8 Å². The van der Waals surface area contributed by atoms with Gasteiger partial charge in [0.15, 0.2) is 0 Å². The molecule has 1 aliphatic rings. The van der Waals surface area contributed by atoms with E-state index in [9.17, 15) is 9.59 Å². The first-order chi connectivity index (χ1) is 9.20. The molecule has 0 fully saturated rings. The Bertz CT molecular complexity index is 497. The van der Waals surface area contributed by atoms with Gasteiger partial charge in [-0.25, -0.2) is 0 Å². The zero-order valence-electron chi connectivity index (χ0n) is 10.9. The topological polar surface area (TPSA) is 61.8 Å². The molecule has 0 saturated carbocycles. The fourth-order valence-electron chi connectivity index (χ4n) is 1.83. The van der Waals surface area contributed by atoms with Gasteiger partial charge in [0.05, 0.1) is 12.1 Å². The first kappa shape index (κ1) is 13.3. The average Bonchev–Trinajstić information content (AvgIpc) is 2.78. The van der Waals surface area contributed by atoms with E-state index in [1.54, 1.807) is 0 Å². The number of hydrazone groups is 1. The number of amides is 2. The van der Waals surface area contributed by atoms with Crippen molar-refractivity contribution < 1.29 is 9.59 Å². The van der Waals surface area contributed by atoms with Gasteiger partial charge in [-0.05, 0) is 18.6 Å². The molecule has 0 aromatic heterocycles. The van der Waals surface area contributed by atoms with E-state index in [1.807, 2.05) is 37.3 Å². The molecule has 0 spiro atoms. The van der Waals surface area contributed by atoms with Crippen LogP contribution in [0.2, 0.25) is 0 Å². The molecule has 0 bridgehead atoms. The number of carbonyl (C=O) groups excluding carboxylic acids is 2.